The maximum atomic E-state index is 12.3. The summed E-state index contributed by atoms with van der Waals surface area (Å²) in [5, 5.41) is 0. The molecule has 0 bridgehead atoms. The van der Waals surface area contributed by atoms with Gasteiger partial charge in [-0.15, -0.1) is 24.8 Å². The molecule has 1 aliphatic rings. The van der Waals surface area contributed by atoms with Gasteiger partial charge in [0.15, 0.2) is 5.78 Å². The molecule has 2 aromatic carbocycles. The van der Waals surface area contributed by atoms with Gasteiger partial charge in [-0.2, -0.15) is 0 Å². The van der Waals surface area contributed by atoms with E-state index in [-0.39, 0.29) is 36.7 Å². The minimum absolute atomic E-state index is 0. The number of hydrogen-bond acceptors (Lipinski definition) is 4. The van der Waals surface area contributed by atoms with E-state index in [2.05, 4.69) is 54.0 Å². The number of benzene rings is 2. The topological polar surface area (TPSA) is 32.8 Å². The van der Waals surface area contributed by atoms with Gasteiger partial charge in [0.1, 0.15) is 0 Å². The van der Waals surface area contributed by atoms with Crippen molar-refractivity contribution in [3.8, 4) is 0 Å². The third-order valence-corrected chi connectivity index (χ3v) is 5.44. The molecular formula is C25H36Cl2N2O2. The van der Waals surface area contributed by atoms with Crippen molar-refractivity contribution in [2.24, 2.45) is 5.92 Å². The molecule has 172 valence electrons. The fourth-order valence-electron chi connectivity index (χ4n) is 3.69. The van der Waals surface area contributed by atoms with Gasteiger partial charge in [0.25, 0.3) is 0 Å². The number of ketones is 1. The number of rotatable bonds is 10. The Labute approximate surface area is 199 Å². The van der Waals surface area contributed by atoms with Crippen LogP contribution in [-0.4, -0.2) is 61.5 Å². The maximum Gasteiger partial charge on any atom is 0.164 e. The van der Waals surface area contributed by atoms with Gasteiger partial charge < -0.3 is 9.64 Å². The average molecular weight is 467 g/mol. The first-order valence-electron chi connectivity index (χ1n) is 10.8. The van der Waals surface area contributed by atoms with Gasteiger partial charge in [0, 0.05) is 57.9 Å². The van der Waals surface area contributed by atoms with E-state index in [0.29, 0.717) is 12.3 Å². The number of halogens is 2. The van der Waals surface area contributed by atoms with Crippen LogP contribution >= 0.6 is 24.8 Å². The van der Waals surface area contributed by atoms with Crippen LogP contribution in [0.1, 0.15) is 42.3 Å². The van der Waals surface area contributed by atoms with Crippen LogP contribution in [0.3, 0.4) is 0 Å². The Morgan fingerprint density at radius 1 is 0.871 bits per heavy atom. The highest BCUT2D eigenvalue weighted by atomic mass is 35.5. The summed E-state index contributed by atoms with van der Waals surface area (Å²) in [4.78, 5) is 17.2. The molecule has 4 nitrogen and oxygen atoms in total. The fourth-order valence-corrected chi connectivity index (χ4v) is 3.69. The zero-order valence-electron chi connectivity index (χ0n) is 18.6. The minimum atomic E-state index is 0. The average Bonchev–Trinajstić information content (AvgIpc) is 2.77. The van der Waals surface area contributed by atoms with Gasteiger partial charge in [-0.25, -0.2) is 0 Å². The highest BCUT2D eigenvalue weighted by Crippen LogP contribution is 2.20. The number of carbonyl (C=O) groups is 1. The summed E-state index contributed by atoms with van der Waals surface area (Å²) in [5.41, 5.74) is 2.07. The molecular weight excluding hydrogens is 431 g/mol. The van der Waals surface area contributed by atoms with Crippen molar-refractivity contribution in [1.29, 1.82) is 0 Å². The van der Waals surface area contributed by atoms with E-state index in [9.17, 15) is 4.79 Å². The fraction of sp³-hybridized carbons (Fsp3) is 0.480. The summed E-state index contributed by atoms with van der Waals surface area (Å²) < 4.78 is 6.25. The Bertz CT molecular complexity index is 736. The van der Waals surface area contributed by atoms with Crippen LogP contribution in [0.2, 0.25) is 0 Å². The van der Waals surface area contributed by atoms with Crippen LogP contribution in [0, 0.1) is 5.92 Å². The molecule has 1 heterocycles. The van der Waals surface area contributed by atoms with Crippen LogP contribution in [0.5, 0.6) is 0 Å². The molecule has 1 atom stereocenters. The Morgan fingerprint density at radius 3 is 2.00 bits per heavy atom. The van der Waals surface area contributed by atoms with Crippen LogP contribution < -0.4 is 0 Å². The number of Topliss-reactive ketones (excluding diaryl/α,β-unsaturated/α-hetero) is 1. The maximum absolute atomic E-state index is 12.3. The second-order valence-corrected chi connectivity index (χ2v) is 8.31. The molecule has 3 rings (SSSR count). The quantitative estimate of drug-likeness (QED) is 0.454. The smallest absolute Gasteiger partial charge is 0.164 e. The SMILES string of the molecule is CC(C)COC(CN1CCN(CCC(=O)c2ccccc2)CC1)c1ccccc1.Cl.Cl. The summed E-state index contributed by atoms with van der Waals surface area (Å²) in [5.74, 6) is 0.763. The standard InChI is InChI=1S/C25H34N2O2.2ClH/c1-21(2)20-29-25(23-11-7-4-8-12-23)19-27-17-15-26(16-18-27)14-13-24(28)22-9-5-3-6-10-22;;/h3-12,21,25H,13-20H2,1-2H3;2*1H. The lowest BCUT2D eigenvalue weighted by Crippen LogP contribution is -2.48. The molecule has 6 heteroatoms. The first kappa shape index (κ1) is 27.6. The van der Waals surface area contributed by atoms with Crippen LogP contribution in [0.25, 0.3) is 0 Å². The molecule has 0 amide bonds. The van der Waals surface area contributed by atoms with E-state index in [1.807, 2.05) is 30.3 Å². The Kier molecular flexibility index (Phi) is 13.0. The normalized spacial score (nSPS) is 15.7. The third-order valence-electron chi connectivity index (χ3n) is 5.44. The molecule has 0 N–H and O–H groups in total. The Hall–Kier alpha value is -1.43. The van der Waals surface area contributed by atoms with Crippen molar-refractivity contribution in [2.45, 2.75) is 26.4 Å². The van der Waals surface area contributed by atoms with Crippen molar-refractivity contribution >= 4 is 30.6 Å². The number of piperazine rings is 1. The molecule has 0 saturated carbocycles. The number of nitrogens with zero attached hydrogens (tertiary/aromatic N) is 2. The Morgan fingerprint density at radius 2 is 1.42 bits per heavy atom. The van der Waals surface area contributed by atoms with E-state index in [1.54, 1.807) is 0 Å². The zero-order chi connectivity index (χ0) is 20.5. The lowest BCUT2D eigenvalue weighted by Gasteiger charge is -2.36. The Balaban J connectivity index is 0.00000240. The van der Waals surface area contributed by atoms with Crippen molar-refractivity contribution in [3.05, 3.63) is 71.8 Å². The predicted molar refractivity (Wildman–Crippen MR) is 133 cm³/mol. The molecule has 1 saturated heterocycles. The highest BCUT2D eigenvalue weighted by molar-refractivity contribution is 5.96. The highest BCUT2D eigenvalue weighted by Gasteiger charge is 2.22. The largest absolute Gasteiger partial charge is 0.372 e. The summed E-state index contributed by atoms with van der Waals surface area (Å²) in [6, 6.07) is 20.2. The monoisotopic (exact) mass is 466 g/mol. The molecule has 31 heavy (non-hydrogen) atoms. The second-order valence-electron chi connectivity index (χ2n) is 8.31. The lowest BCUT2D eigenvalue weighted by molar-refractivity contribution is 0.000654. The number of ether oxygens (including phenoxy) is 1. The van der Waals surface area contributed by atoms with Gasteiger partial charge >= 0.3 is 0 Å². The number of hydrogen-bond donors (Lipinski definition) is 0. The van der Waals surface area contributed by atoms with Gasteiger partial charge in [-0.1, -0.05) is 74.5 Å². The molecule has 1 unspecified atom stereocenters. The van der Waals surface area contributed by atoms with E-state index < -0.39 is 0 Å². The van der Waals surface area contributed by atoms with Gasteiger partial charge in [-0.3, -0.25) is 9.69 Å². The van der Waals surface area contributed by atoms with E-state index in [1.165, 1.54) is 5.56 Å². The first-order valence-corrected chi connectivity index (χ1v) is 10.8. The zero-order valence-corrected chi connectivity index (χ0v) is 20.2. The van der Waals surface area contributed by atoms with Crippen molar-refractivity contribution in [3.63, 3.8) is 0 Å². The summed E-state index contributed by atoms with van der Waals surface area (Å²) in [7, 11) is 0. The minimum Gasteiger partial charge on any atom is -0.372 e. The molecule has 1 aliphatic heterocycles. The summed E-state index contributed by atoms with van der Waals surface area (Å²) in [6.45, 7) is 11.0. The van der Waals surface area contributed by atoms with E-state index in [4.69, 9.17) is 4.74 Å². The predicted octanol–water partition coefficient (Wildman–Crippen LogP) is 5.13. The van der Waals surface area contributed by atoms with Crippen LogP contribution in [-0.2, 0) is 4.74 Å². The molecule has 0 spiro atoms. The van der Waals surface area contributed by atoms with E-state index in [0.717, 1.165) is 51.4 Å². The van der Waals surface area contributed by atoms with Gasteiger partial charge in [0.05, 0.1) is 6.10 Å². The van der Waals surface area contributed by atoms with Gasteiger partial charge in [0.2, 0.25) is 0 Å². The second kappa shape index (κ2) is 14.6. The molecule has 0 aromatic heterocycles. The molecule has 1 fully saturated rings. The van der Waals surface area contributed by atoms with Crippen LogP contribution in [0.15, 0.2) is 60.7 Å². The van der Waals surface area contributed by atoms with Crippen LogP contribution in [0.4, 0.5) is 0 Å². The van der Waals surface area contributed by atoms with Crippen molar-refractivity contribution < 1.29 is 9.53 Å². The molecule has 0 radical (unpaired) electrons. The van der Waals surface area contributed by atoms with Crippen molar-refractivity contribution in [1.82, 2.24) is 9.80 Å². The van der Waals surface area contributed by atoms with E-state index >= 15 is 0 Å². The van der Waals surface area contributed by atoms with Crippen molar-refractivity contribution in [2.75, 3.05) is 45.9 Å². The number of carbonyl (C=O) groups excluding carboxylic acids is 1. The summed E-state index contributed by atoms with van der Waals surface area (Å²) >= 11 is 0. The molecule has 2 aromatic rings. The first-order chi connectivity index (χ1) is 14.1. The van der Waals surface area contributed by atoms with Gasteiger partial charge in [-0.05, 0) is 11.5 Å². The summed E-state index contributed by atoms with van der Waals surface area (Å²) in [6.07, 6.45) is 0.707. The molecule has 0 aliphatic carbocycles. The third kappa shape index (κ3) is 9.30. The lowest BCUT2D eigenvalue weighted by atomic mass is 10.1.